The van der Waals surface area contributed by atoms with Gasteiger partial charge in [-0.15, -0.1) is 0 Å². The lowest BCUT2D eigenvalue weighted by molar-refractivity contribution is 0.137. The lowest BCUT2D eigenvalue weighted by Crippen LogP contribution is -2.26. The van der Waals surface area contributed by atoms with E-state index in [4.69, 9.17) is 0 Å². The minimum absolute atomic E-state index is 0.101. The smallest absolute Gasteiger partial charge is 0.0541 e. The molecule has 0 spiro atoms. The Labute approximate surface area is 114 Å². The Hall–Kier alpha value is -0.120. The molecule has 0 heterocycles. The molecule has 3 nitrogen and oxygen atoms in total. The van der Waals surface area contributed by atoms with E-state index in [-0.39, 0.29) is 6.10 Å². The Morgan fingerprint density at radius 1 is 0.722 bits per heavy atom. The molecular formula is C15H34N2O. The first-order valence-electron chi connectivity index (χ1n) is 7.80. The van der Waals surface area contributed by atoms with Crippen molar-refractivity contribution in [3.05, 3.63) is 0 Å². The van der Waals surface area contributed by atoms with Gasteiger partial charge in [0.05, 0.1) is 6.10 Å². The minimum atomic E-state index is -0.101. The fourth-order valence-corrected chi connectivity index (χ4v) is 2.33. The minimum Gasteiger partial charge on any atom is -0.393 e. The van der Waals surface area contributed by atoms with Crippen LogP contribution in [0.25, 0.3) is 0 Å². The summed E-state index contributed by atoms with van der Waals surface area (Å²) in [6.07, 6.45) is 4.04. The van der Waals surface area contributed by atoms with E-state index in [2.05, 4.69) is 37.5 Å². The van der Waals surface area contributed by atoms with E-state index in [9.17, 15) is 5.11 Å². The van der Waals surface area contributed by atoms with E-state index in [1.54, 1.807) is 0 Å². The molecule has 0 atom stereocenters. The normalized spacial score (nSPS) is 12.0. The molecule has 110 valence electrons. The Morgan fingerprint density at radius 2 is 1.06 bits per heavy atom. The third-order valence-electron chi connectivity index (χ3n) is 3.81. The number of rotatable bonds is 12. The molecular weight excluding hydrogens is 224 g/mol. The van der Waals surface area contributed by atoms with Crippen LogP contribution in [0.1, 0.15) is 53.4 Å². The van der Waals surface area contributed by atoms with Crippen LogP contribution in [0.3, 0.4) is 0 Å². The average Bonchev–Trinajstić information content (AvgIpc) is 2.40. The van der Waals surface area contributed by atoms with E-state index in [1.165, 1.54) is 0 Å². The number of nitrogens with zero attached hydrogens (tertiary/aromatic N) is 2. The van der Waals surface area contributed by atoms with Gasteiger partial charge in [0, 0.05) is 0 Å². The van der Waals surface area contributed by atoms with Crippen LogP contribution in [0, 0.1) is 0 Å². The topological polar surface area (TPSA) is 26.7 Å². The molecule has 3 heteroatoms. The third-order valence-corrected chi connectivity index (χ3v) is 3.81. The van der Waals surface area contributed by atoms with Gasteiger partial charge in [0.15, 0.2) is 0 Å². The molecule has 0 aromatic heterocycles. The van der Waals surface area contributed by atoms with Gasteiger partial charge in [-0.3, -0.25) is 0 Å². The van der Waals surface area contributed by atoms with Crippen molar-refractivity contribution in [1.82, 2.24) is 9.80 Å². The van der Waals surface area contributed by atoms with Gasteiger partial charge in [-0.05, 0) is 65.0 Å². The Kier molecular flexibility index (Phi) is 11.9. The van der Waals surface area contributed by atoms with Crippen LogP contribution >= 0.6 is 0 Å². The molecule has 0 radical (unpaired) electrons. The zero-order valence-electron chi connectivity index (χ0n) is 13.0. The summed E-state index contributed by atoms with van der Waals surface area (Å²) in [5.41, 5.74) is 0. The van der Waals surface area contributed by atoms with E-state index >= 15 is 0 Å². The summed E-state index contributed by atoms with van der Waals surface area (Å²) in [5, 5.41) is 9.93. The van der Waals surface area contributed by atoms with Crippen molar-refractivity contribution >= 4 is 0 Å². The Morgan fingerprint density at radius 3 is 1.33 bits per heavy atom. The quantitative estimate of drug-likeness (QED) is 0.583. The zero-order chi connectivity index (χ0) is 13.8. The van der Waals surface area contributed by atoms with Gasteiger partial charge in [0.1, 0.15) is 0 Å². The second-order valence-electron chi connectivity index (χ2n) is 4.99. The van der Waals surface area contributed by atoms with Crippen molar-refractivity contribution in [2.24, 2.45) is 0 Å². The first-order valence-corrected chi connectivity index (χ1v) is 7.80. The van der Waals surface area contributed by atoms with Gasteiger partial charge in [0.2, 0.25) is 0 Å². The highest BCUT2D eigenvalue weighted by Crippen LogP contribution is 2.07. The largest absolute Gasteiger partial charge is 0.393 e. The summed E-state index contributed by atoms with van der Waals surface area (Å²) in [7, 11) is 0. The number of hydrogen-bond acceptors (Lipinski definition) is 3. The molecule has 18 heavy (non-hydrogen) atoms. The average molecular weight is 258 g/mol. The van der Waals surface area contributed by atoms with E-state index in [0.717, 1.165) is 65.0 Å². The highest BCUT2D eigenvalue weighted by molar-refractivity contribution is 4.61. The highest BCUT2D eigenvalue weighted by atomic mass is 16.3. The molecule has 0 unspecified atom stereocenters. The van der Waals surface area contributed by atoms with Crippen LogP contribution in [0.15, 0.2) is 0 Å². The molecule has 0 rings (SSSR count). The summed E-state index contributed by atoms with van der Waals surface area (Å²) in [4.78, 5) is 4.84. The predicted molar refractivity (Wildman–Crippen MR) is 80.1 cm³/mol. The van der Waals surface area contributed by atoms with E-state index < -0.39 is 0 Å². The van der Waals surface area contributed by atoms with Crippen molar-refractivity contribution < 1.29 is 5.11 Å². The summed E-state index contributed by atoms with van der Waals surface area (Å²) < 4.78 is 0. The van der Waals surface area contributed by atoms with Crippen molar-refractivity contribution in [3.8, 4) is 0 Å². The van der Waals surface area contributed by atoms with Crippen molar-refractivity contribution in [3.63, 3.8) is 0 Å². The van der Waals surface area contributed by atoms with Crippen LogP contribution in [0.4, 0.5) is 0 Å². The third kappa shape index (κ3) is 8.90. The molecule has 0 aromatic carbocycles. The van der Waals surface area contributed by atoms with Gasteiger partial charge >= 0.3 is 0 Å². The first-order chi connectivity index (χ1) is 8.67. The summed E-state index contributed by atoms with van der Waals surface area (Å²) in [6.45, 7) is 15.5. The molecule has 0 aromatic rings. The first kappa shape index (κ1) is 17.9. The van der Waals surface area contributed by atoms with E-state index in [1.807, 2.05) is 0 Å². The van der Waals surface area contributed by atoms with Crippen LogP contribution in [0.2, 0.25) is 0 Å². The molecule has 0 saturated heterocycles. The van der Waals surface area contributed by atoms with Gasteiger partial charge < -0.3 is 14.9 Å². The maximum Gasteiger partial charge on any atom is 0.0541 e. The van der Waals surface area contributed by atoms with Crippen molar-refractivity contribution in [1.29, 1.82) is 0 Å². The van der Waals surface area contributed by atoms with Gasteiger partial charge in [-0.1, -0.05) is 27.7 Å². The molecule has 0 aliphatic rings. The van der Waals surface area contributed by atoms with Crippen molar-refractivity contribution in [2.75, 3.05) is 39.3 Å². The van der Waals surface area contributed by atoms with Crippen LogP contribution in [0.5, 0.6) is 0 Å². The lowest BCUT2D eigenvalue weighted by atomic mass is 10.1. The Bertz CT molecular complexity index is 150. The molecule has 0 amide bonds. The summed E-state index contributed by atoms with van der Waals surface area (Å²) in [6, 6.07) is 0. The predicted octanol–water partition coefficient (Wildman–Crippen LogP) is 2.59. The maximum atomic E-state index is 9.93. The number of hydrogen-bond donors (Lipinski definition) is 1. The lowest BCUT2D eigenvalue weighted by Gasteiger charge is -2.20. The van der Waals surface area contributed by atoms with E-state index in [0.29, 0.717) is 0 Å². The molecule has 1 N–H and O–H groups in total. The number of aliphatic hydroxyl groups excluding tert-OH is 1. The second-order valence-corrected chi connectivity index (χ2v) is 4.99. The highest BCUT2D eigenvalue weighted by Gasteiger charge is 2.06. The SMILES string of the molecule is CCN(CC)CCCC(O)CCCN(CC)CC. The van der Waals surface area contributed by atoms with Crippen LogP contribution in [-0.4, -0.2) is 60.3 Å². The van der Waals surface area contributed by atoms with Crippen LogP contribution < -0.4 is 0 Å². The van der Waals surface area contributed by atoms with Gasteiger partial charge in [0.25, 0.3) is 0 Å². The van der Waals surface area contributed by atoms with Crippen molar-refractivity contribution in [2.45, 2.75) is 59.5 Å². The fraction of sp³-hybridized carbons (Fsp3) is 1.00. The second kappa shape index (κ2) is 11.9. The molecule has 0 aliphatic heterocycles. The summed E-state index contributed by atoms with van der Waals surface area (Å²) in [5.74, 6) is 0. The molecule has 0 saturated carbocycles. The molecule has 0 aliphatic carbocycles. The maximum absolute atomic E-state index is 9.93. The molecule has 0 fully saturated rings. The zero-order valence-corrected chi connectivity index (χ0v) is 13.0. The molecule has 0 bridgehead atoms. The number of aliphatic hydroxyl groups is 1. The monoisotopic (exact) mass is 258 g/mol. The van der Waals surface area contributed by atoms with Gasteiger partial charge in [-0.2, -0.15) is 0 Å². The standard InChI is InChI=1S/C15H34N2O/c1-5-16(6-2)13-9-11-15(18)12-10-14-17(7-3)8-4/h15,18H,5-14H2,1-4H3. The Balaban J connectivity index is 3.50. The van der Waals surface area contributed by atoms with Gasteiger partial charge in [-0.25, -0.2) is 0 Å². The summed E-state index contributed by atoms with van der Waals surface area (Å²) >= 11 is 0. The van der Waals surface area contributed by atoms with Crippen LogP contribution in [-0.2, 0) is 0 Å². The fourth-order valence-electron chi connectivity index (χ4n) is 2.33.